The van der Waals surface area contributed by atoms with Crippen molar-refractivity contribution in [2.45, 2.75) is 19.6 Å². The molecular weight excluding hydrogens is 302 g/mol. The highest BCUT2D eigenvalue weighted by Crippen LogP contribution is 2.30. The number of nitrogens with zero attached hydrogens (tertiary/aromatic N) is 1. The summed E-state index contributed by atoms with van der Waals surface area (Å²) in [4.78, 5) is 4.26. The van der Waals surface area contributed by atoms with Crippen molar-refractivity contribution in [2.24, 2.45) is 4.99 Å². The van der Waals surface area contributed by atoms with Gasteiger partial charge in [-0.3, -0.25) is 4.99 Å². The molecule has 0 aromatic heterocycles. The van der Waals surface area contributed by atoms with Crippen molar-refractivity contribution in [3.05, 3.63) is 59.7 Å². The first-order valence-corrected chi connectivity index (χ1v) is 8.14. The molecule has 0 bridgehead atoms. The first kappa shape index (κ1) is 16.2. The standard InChI is InChI=1S/C19H23N3O2/c1-14-7-3-4-8-15(14)11-21-19(20-2)22-12-16-13-23-17-9-5-6-10-18(17)24-16/h3-10,16H,11-13H2,1-2H3,(H2,20,21,22). The molecule has 24 heavy (non-hydrogen) atoms. The molecule has 1 aliphatic rings. The molecule has 0 fully saturated rings. The Hall–Kier alpha value is -2.69. The van der Waals surface area contributed by atoms with Crippen LogP contribution in [0.25, 0.3) is 0 Å². The van der Waals surface area contributed by atoms with E-state index < -0.39 is 0 Å². The lowest BCUT2D eigenvalue weighted by Crippen LogP contribution is -2.45. The lowest BCUT2D eigenvalue weighted by Gasteiger charge is -2.27. The number of nitrogens with one attached hydrogen (secondary N) is 2. The van der Waals surface area contributed by atoms with Gasteiger partial charge >= 0.3 is 0 Å². The average Bonchev–Trinajstić information content (AvgIpc) is 2.63. The van der Waals surface area contributed by atoms with E-state index in [1.807, 2.05) is 36.4 Å². The van der Waals surface area contributed by atoms with Crippen molar-refractivity contribution >= 4 is 5.96 Å². The molecule has 126 valence electrons. The molecule has 1 atom stereocenters. The zero-order valence-corrected chi connectivity index (χ0v) is 14.1. The molecule has 3 rings (SSSR count). The van der Waals surface area contributed by atoms with Crippen molar-refractivity contribution in [3.63, 3.8) is 0 Å². The van der Waals surface area contributed by atoms with Gasteiger partial charge in [-0.15, -0.1) is 0 Å². The summed E-state index contributed by atoms with van der Waals surface area (Å²) in [5.41, 5.74) is 2.52. The first-order valence-electron chi connectivity index (χ1n) is 8.14. The quantitative estimate of drug-likeness (QED) is 0.670. The molecule has 2 aromatic rings. The number of ether oxygens (including phenoxy) is 2. The molecular formula is C19H23N3O2. The monoisotopic (exact) mass is 325 g/mol. The highest BCUT2D eigenvalue weighted by atomic mass is 16.6. The van der Waals surface area contributed by atoms with Gasteiger partial charge in [0.25, 0.3) is 0 Å². The van der Waals surface area contributed by atoms with Crippen LogP contribution in [0.15, 0.2) is 53.5 Å². The van der Waals surface area contributed by atoms with Crippen LogP contribution in [0, 0.1) is 6.92 Å². The van der Waals surface area contributed by atoms with Crippen LogP contribution in [0.1, 0.15) is 11.1 Å². The smallest absolute Gasteiger partial charge is 0.191 e. The van der Waals surface area contributed by atoms with Crippen LogP contribution >= 0.6 is 0 Å². The molecule has 0 saturated heterocycles. The van der Waals surface area contributed by atoms with Crippen LogP contribution < -0.4 is 20.1 Å². The summed E-state index contributed by atoms with van der Waals surface area (Å²) in [6.45, 7) is 4.00. The van der Waals surface area contributed by atoms with E-state index >= 15 is 0 Å². The SMILES string of the molecule is CN=C(NCc1ccccc1C)NCC1COc2ccccc2O1. The maximum absolute atomic E-state index is 5.94. The van der Waals surface area contributed by atoms with Gasteiger partial charge in [0, 0.05) is 13.6 Å². The van der Waals surface area contributed by atoms with Crippen molar-refractivity contribution in [2.75, 3.05) is 20.2 Å². The fourth-order valence-corrected chi connectivity index (χ4v) is 2.58. The van der Waals surface area contributed by atoms with Crippen molar-refractivity contribution in [3.8, 4) is 11.5 Å². The van der Waals surface area contributed by atoms with Gasteiger partial charge in [-0.1, -0.05) is 36.4 Å². The number of hydrogen-bond donors (Lipinski definition) is 2. The van der Waals surface area contributed by atoms with Gasteiger partial charge in [-0.2, -0.15) is 0 Å². The summed E-state index contributed by atoms with van der Waals surface area (Å²) in [6.07, 6.45) is -0.0445. The van der Waals surface area contributed by atoms with E-state index in [0.29, 0.717) is 13.2 Å². The minimum atomic E-state index is -0.0445. The van der Waals surface area contributed by atoms with Crippen LogP contribution in [-0.4, -0.2) is 32.3 Å². The summed E-state index contributed by atoms with van der Waals surface area (Å²) in [7, 11) is 1.76. The van der Waals surface area contributed by atoms with Crippen LogP contribution in [0.4, 0.5) is 0 Å². The summed E-state index contributed by atoms with van der Waals surface area (Å²) in [5.74, 6) is 2.34. The number of hydrogen-bond acceptors (Lipinski definition) is 3. The lowest BCUT2D eigenvalue weighted by atomic mass is 10.1. The van der Waals surface area contributed by atoms with Gasteiger partial charge in [0.1, 0.15) is 12.7 Å². The van der Waals surface area contributed by atoms with E-state index in [9.17, 15) is 0 Å². The Balaban J connectivity index is 1.49. The third kappa shape index (κ3) is 3.98. The molecule has 0 radical (unpaired) electrons. The molecule has 1 unspecified atom stereocenters. The number of rotatable bonds is 4. The van der Waals surface area contributed by atoms with Gasteiger partial charge in [-0.05, 0) is 30.2 Å². The van der Waals surface area contributed by atoms with Gasteiger partial charge < -0.3 is 20.1 Å². The zero-order chi connectivity index (χ0) is 16.8. The third-order valence-corrected chi connectivity index (χ3v) is 4.00. The molecule has 5 nitrogen and oxygen atoms in total. The number of para-hydroxylation sites is 2. The van der Waals surface area contributed by atoms with Crippen molar-refractivity contribution in [1.82, 2.24) is 10.6 Å². The molecule has 0 aliphatic carbocycles. The van der Waals surface area contributed by atoms with Gasteiger partial charge in [-0.25, -0.2) is 0 Å². The highest BCUT2D eigenvalue weighted by Gasteiger charge is 2.20. The largest absolute Gasteiger partial charge is 0.486 e. The van der Waals surface area contributed by atoms with Gasteiger partial charge in [0.05, 0.1) is 6.54 Å². The Morgan fingerprint density at radius 1 is 1.08 bits per heavy atom. The molecule has 5 heteroatoms. The maximum Gasteiger partial charge on any atom is 0.191 e. The predicted octanol–water partition coefficient (Wildman–Crippen LogP) is 2.50. The topological polar surface area (TPSA) is 54.9 Å². The molecule has 0 saturated carbocycles. The molecule has 0 spiro atoms. The van der Waals surface area contributed by atoms with E-state index in [2.05, 4.69) is 34.7 Å². The van der Waals surface area contributed by atoms with E-state index in [-0.39, 0.29) is 6.10 Å². The van der Waals surface area contributed by atoms with E-state index in [1.165, 1.54) is 11.1 Å². The normalized spacial score (nSPS) is 16.6. The number of aliphatic imine (C=N–C) groups is 1. The van der Waals surface area contributed by atoms with Crippen LogP contribution in [0.5, 0.6) is 11.5 Å². The molecule has 2 N–H and O–H groups in total. The summed E-state index contributed by atoms with van der Waals surface area (Å²) in [5, 5.41) is 6.62. The van der Waals surface area contributed by atoms with Crippen LogP contribution in [0.3, 0.4) is 0 Å². The van der Waals surface area contributed by atoms with Crippen LogP contribution in [0.2, 0.25) is 0 Å². The Morgan fingerprint density at radius 3 is 2.62 bits per heavy atom. The second kappa shape index (κ2) is 7.73. The van der Waals surface area contributed by atoms with E-state index in [4.69, 9.17) is 9.47 Å². The van der Waals surface area contributed by atoms with Crippen LogP contribution in [-0.2, 0) is 6.54 Å². The fraction of sp³-hybridized carbons (Fsp3) is 0.316. The summed E-state index contributed by atoms with van der Waals surface area (Å²) < 4.78 is 11.7. The predicted molar refractivity (Wildman–Crippen MR) is 95.7 cm³/mol. The Labute approximate surface area is 142 Å². The Bertz CT molecular complexity index is 715. The maximum atomic E-state index is 5.94. The summed E-state index contributed by atoms with van der Waals surface area (Å²) in [6, 6.07) is 16.0. The lowest BCUT2D eigenvalue weighted by molar-refractivity contribution is 0.0936. The first-order chi connectivity index (χ1) is 11.8. The number of fused-ring (bicyclic) bond motifs is 1. The van der Waals surface area contributed by atoms with Gasteiger partial charge in [0.2, 0.25) is 0 Å². The van der Waals surface area contributed by atoms with Gasteiger partial charge in [0.15, 0.2) is 17.5 Å². The number of benzene rings is 2. The van der Waals surface area contributed by atoms with E-state index in [1.54, 1.807) is 7.05 Å². The molecule has 0 amide bonds. The molecule has 1 heterocycles. The highest BCUT2D eigenvalue weighted by molar-refractivity contribution is 5.79. The zero-order valence-electron chi connectivity index (χ0n) is 14.1. The minimum Gasteiger partial charge on any atom is -0.486 e. The average molecular weight is 325 g/mol. The van der Waals surface area contributed by atoms with Crippen molar-refractivity contribution in [1.29, 1.82) is 0 Å². The Morgan fingerprint density at radius 2 is 1.83 bits per heavy atom. The van der Waals surface area contributed by atoms with E-state index in [0.717, 1.165) is 24.0 Å². The number of aryl methyl sites for hydroxylation is 1. The second-order valence-corrected chi connectivity index (χ2v) is 5.73. The third-order valence-electron chi connectivity index (χ3n) is 4.00. The van der Waals surface area contributed by atoms with Crippen molar-refractivity contribution < 1.29 is 9.47 Å². The second-order valence-electron chi connectivity index (χ2n) is 5.73. The Kier molecular flexibility index (Phi) is 5.21. The fourth-order valence-electron chi connectivity index (χ4n) is 2.58. The number of guanidine groups is 1. The molecule has 2 aromatic carbocycles. The molecule has 1 aliphatic heterocycles. The minimum absolute atomic E-state index is 0.0445. The summed E-state index contributed by atoms with van der Waals surface area (Å²) >= 11 is 0.